The molecule has 0 aliphatic rings. The van der Waals surface area contributed by atoms with Gasteiger partial charge in [0, 0.05) is 18.8 Å². The van der Waals surface area contributed by atoms with Crippen LogP contribution in [0.5, 0.6) is 0 Å². The lowest BCUT2D eigenvalue weighted by Crippen LogP contribution is -2.13. The zero-order chi connectivity index (χ0) is 14.0. The van der Waals surface area contributed by atoms with Crippen LogP contribution < -0.4 is 11.1 Å². The molecule has 0 radical (unpaired) electrons. The molecule has 0 spiro atoms. The van der Waals surface area contributed by atoms with Crippen molar-refractivity contribution in [2.24, 2.45) is 7.05 Å². The first-order valence-corrected chi connectivity index (χ1v) is 6.14. The summed E-state index contributed by atoms with van der Waals surface area (Å²) in [6.45, 7) is 1.97. The predicted octanol–water partition coefficient (Wildman–Crippen LogP) is 1.87. The molecule has 1 amide bonds. The van der Waals surface area contributed by atoms with Gasteiger partial charge in [-0.2, -0.15) is 5.10 Å². The summed E-state index contributed by atoms with van der Waals surface area (Å²) in [4.78, 5) is 15.9. The van der Waals surface area contributed by atoms with E-state index in [0.717, 1.165) is 12.1 Å². The number of rotatable bonds is 3. The van der Waals surface area contributed by atoms with Crippen LogP contribution >= 0.6 is 11.6 Å². The smallest absolute Gasteiger partial charge is 0.256 e. The van der Waals surface area contributed by atoms with Crippen LogP contribution in [0.4, 0.5) is 11.5 Å². The average molecular weight is 280 g/mol. The highest BCUT2D eigenvalue weighted by Crippen LogP contribution is 2.17. The fraction of sp³-hybridized carbons (Fsp3) is 0.250. The van der Waals surface area contributed by atoms with Gasteiger partial charge in [-0.25, -0.2) is 4.98 Å². The van der Waals surface area contributed by atoms with Gasteiger partial charge in [0.15, 0.2) is 0 Å². The van der Waals surface area contributed by atoms with E-state index in [4.69, 9.17) is 17.3 Å². The van der Waals surface area contributed by atoms with E-state index in [-0.39, 0.29) is 16.9 Å². The molecule has 2 rings (SSSR count). The summed E-state index contributed by atoms with van der Waals surface area (Å²) >= 11 is 5.77. The molecule has 2 heterocycles. The Hall–Kier alpha value is -2.08. The Morgan fingerprint density at radius 2 is 2.26 bits per heavy atom. The largest absolute Gasteiger partial charge is 0.384 e. The van der Waals surface area contributed by atoms with Crippen LogP contribution in [0.15, 0.2) is 18.3 Å². The molecule has 0 saturated carbocycles. The molecule has 0 aliphatic heterocycles. The maximum absolute atomic E-state index is 12.1. The van der Waals surface area contributed by atoms with Gasteiger partial charge in [-0.3, -0.25) is 9.48 Å². The number of aromatic nitrogens is 3. The van der Waals surface area contributed by atoms with E-state index in [1.54, 1.807) is 17.9 Å². The van der Waals surface area contributed by atoms with Crippen LogP contribution in [0.1, 0.15) is 23.0 Å². The van der Waals surface area contributed by atoms with Gasteiger partial charge in [0.25, 0.3) is 5.91 Å². The lowest BCUT2D eigenvalue weighted by atomic mass is 10.2. The summed E-state index contributed by atoms with van der Waals surface area (Å²) in [6.07, 6.45) is 2.48. The van der Waals surface area contributed by atoms with E-state index in [2.05, 4.69) is 15.4 Å². The Morgan fingerprint density at radius 1 is 1.53 bits per heavy atom. The average Bonchev–Trinajstić information content (AvgIpc) is 2.68. The Morgan fingerprint density at radius 3 is 2.89 bits per heavy atom. The molecular weight excluding hydrogens is 266 g/mol. The van der Waals surface area contributed by atoms with E-state index in [1.165, 1.54) is 12.1 Å². The predicted molar refractivity (Wildman–Crippen MR) is 74.2 cm³/mol. The number of nitrogens with zero attached hydrogens (tertiary/aromatic N) is 3. The summed E-state index contributed by atoms with van der Waals surface area (Å²) in [5.41, 5.74) is 7.43. The summed E-state index contributed by atoms with van der Waals surface area (Å²) < 4.78 is 1.66. The molecule has 0 bridgehead atoms. The van der Waals surface area contributed by atoms with Gasteiger partial charge < -0.3 is 11.1 Å². The fourth-order valence-corrected chi connectivity index (χ4v) is 1.96. The number of hydrogen-bond donors (Lipinski definition) is 2. The van der Waals surface area contributed by atoms with Crippen LogP contribution in [0, 0.1) is 0 Å². The third kappa shape index (κ3) is 3.03. The van der Waals surface area contributed by atoms with Gasteiger partial charge in [-0.15, -0.1) is 0 Å². The quantitative estimate of drug-likeness (QED) is 0.840. The Balaban J connectivity index is 2.25. The Kier molecular flexibility index (Phi) is 3.71. The van der Waals surface area contributed by atoms with Gasteiger partial charge in [-0.05, 0) is 18.6 Å². The number of carbonyl (C=O) groups is 1. The molecule has 0 aromatic carbocycles. The molecule has 0 atom stereocenters. The molecule has 3 N–H and O–H groups in total. The topological polar surface area (TPSA) is 85.8 Å². The molecule has 0 fully saturated rings. The molecular formula is C12H14ClN5O. The van der Waals surface area contributed by atoms with Crippen LogP contribution in [0.2, 0.25) is 5.15 Å². The Labute approximate surface area is 115 Å². The third-order valence-electron chi connectivity index (χ3n) is 2.56. The standard InChI is InChI=1S/C12H14ClN5O/c1-3-8-9(6-18(2)17-8)15-12(19)7-4-10(13)16-11(14)5-7/h4-6H,3H2,1-2H3,(H2,14,16)(H,15,19). The molecule has 0 unspecified atom stereocenters. The van der Waals surface area contributed by atoms with Crippen molar-refractivity contribution in [2.75, 3.05) is 11.1 Å². The second-order valence-electron chi connectivity index (χ2n) is 4.07. The molecule has 100 valence electrons. The lowest BCUT2D eigenvalue weighted by Gasteiger charge is -2.05. The number of halogens is 1. The van der Waals surface area contributed by atoms with Crippen molar-refractivity contribution in [3.63, 3.8) is 0 Å². The van der Waals surface area contributed by atoms with Crippen LogP contribution in [-0.2, 0) is 13.5 Å². The lowest BCUT2D eigenvalue weighted by molar-refractivity contribution is 0.102. The van der Waals surface area contributed by atoms with Gasteiger partial charge in [0.2, 0.25) is 0 Å². The SMILES string of the molecule is CCc1nn(C)cc1NC(=O)c1cc(N)nc(Cl)c1. The van der Waals surface area contributed by atoms with Gasteiger partial charge >= 0.3 is 0 Å². The number of aryl methyl sites for hydroxylation is 2. The van der Waals surface area contributed by atoms with E-state index < -0.39 is 0 Å². The Bertz CT molecular complexity index is 602. The van der Waals surface area contributed by atoms with Gasteiger partial charge in [-0.1, -0.05) is 18.5 Å². The van der Waals surface area contributed by atoms with Crippen molar-refractivity contribution in [1.29, 1.82) is 0 Å². The highest BCUT2D eigenvalue weighted by Gasteiger charge is 2.12. The number of nitrogen functional groups attached to an aromatic ring is 1. The number of carbonyl (C=O) groups excluding carboxylic acids is 1. The van der Waals surface area contributed by atoms with Crippen LogP contribution in [0.3, 0.4) is 0 Å². The fourth-order valence-electron chi connectivity index (χ4n) is 1.74. The maximum atomic E-state index is 12.1. The molecule has 6 nitrogen and oxygen atoms in total. The van der Waals surface area contributed by atoms with E-state index in [9.17, 15) is 4.79 Å². The molecule has 7 heteroatoms. The number of amides is 1. The van der Waals surface area contributed by atoms with Crippen LogP contribution in [-0.4, -0.2) is 20.7 Å². The zero-order valence-electron chi connectivity index (χ0n) is 10.6. The monoisotopic (exact) mass is 279 g/mol. The molecule has 19 heavy (non-hydrogen) atoms. The molecule has 2 aromatic heterocycles. The summed E-state index contributed by atoms with van der Waals surface area (Å²) in [5, 5.41) is 7.23. The first-order valence-electron chi connectivity index (χ1n) is 5.76. The second kappa shape index (κ2) is 5.27. The van der Waals surface area contributed by atoms with Gasteiger partial charge in [0.05, 0.1) is 11.4 Å². The van der Waals surface area contributed by atoms with E-state index in [1.807, 2.05) is 6.92 Å². The highest BCUT2D eigenvalue weighted by molar-refractivity contribution is 6.30. The van der Waals surface area contributed by atoms with Crippen molar-refractivity contribution in [2.45, 2.75) is 13.3 Å². The van der Waals surface area contributed by atoms with Crippen LogP contribution in [0.25, 0.3) is 0 Å². The number of anilines is 2. The van der Waals surface area contributed by atoms with Crippen molar-refractivity contribution in [3.8, 4) is 0 Å². The summed E-state index contributed by atoms with van der Waals surface area (Å²) in [7, 11) is 1.80. The normalized spacial score (nSPS) is 10.5. The number of nitrogens with one attached hydrogen (secondary N) is 1. The number of pyridine rings is 1. The minimum absolute atomic E-state index is 0.187. The maximum Gasteiger partial charge on any atom is 0.256 e. The first kappa shape index (κ1) is 13.4. The molecule has 0 aliphatic carbocycles. The molecule has 0 saturated heterocycles. The van der Waals surface area contributed by atoms with E-state index >= 15 is 0 Å². The highest BCUT2D eigenvalue weighted by atomic mass is 35.5. The number of nitrogens with two attached hydrogens (primary N) is 1. The third-order valence-corrected chi connectivity index (χ3v) is 2.76. The zero-order valence-corrected chi connectivity index (χ0v) is 11.4. The summed E-state index contributed by atoms with van der Waals surface area (Å²) in [6, 6.07) is 2.94. The minimum Gasteiger partial charge on any atom is -0.384 e. The van der Waals surface area contributed by atoms with Crippen molar-refractivity contribution < 1.29 is 4.79 Å². The second-order valence-corrected chi connectivity index (χ2v) is 4.46. The minimum atomic E-state index is -0.293. The molecule has 2 aromatic rings. The van der Waals surface area contributed by atoms with Gasteiger partial charge in [0.1, 0.15) is 11.0 Å². The van der Waals surface area contributed by atoms with Crippen molar-refractivity contribution in [3.05, 3.63) is 34.7 Å². The number of hydrogen-bond acceptors (Lipinski definition) is 4. The van der Waals surface area contributed by atoms with E-state index in [0.29, 0.717) is 11.3 Å². The first-order chi connectivity index (χ1) is 8.99. The van der Waals surface area contributed by atoms with Crippen molar-refractivity contribution in [1.82, 2.24) is 14.8 Å². The summed E-state index contributed by atoms with van der Waals surface area (Å²) in [5.74, 6) is -0.0850. The van der Waals surface area contributed by atoms with Crippen molar-refractivity contribution >= 4 is 29.0 Å².